The van der Waals surface area contributed by atoms with Crippen LogP contribution < -0.4 is 26.2 Å². The van der Waals surface area contributed by atoms with Crippen molar-refractivity contribution < 1.29 is 4.42 Å². The van der Waals surface area contributed by atoms with Crippen LogP contribution in [0.15, 0.2) is 174 Å². The zero-order valence-corrected chi connectivity index (χ0v) is 41.0. The molecule has 0 aliphatic carbocycles. The van der Waals surface area contributed by atoms with Gasteiger partial charge in [-0.15, -0.1) is 0 Å². The predicted molar refractivity (Wildman–Crippen MR) is 288 cm³/mol. The lowest BCUT2D eigenvalue weighted by atomic mass is 9.30. The number of hydrogen-bond donors (Lipinski definition) is 0. The number of anilines is 6. The number of hydrogen-bond acceptors (Lipinski definition) is 3. The van der Waals surface area contributed by atoms with E-state index in [-0.39, 0.29) is 28.4 Å². The molecule has 67 heavy (non-hydrogen) atoms. The number of fused-ring (bicyclic) bond motifs is 7. The summed E-state index contributed by atoms with van der Waals surface area (Å²) in [5.74, 6) is 0. The van der Waals surface area contributed by atoms with Gasteiger partial charge in [0.05, 0.1) is 5.69 Å². The molecule has 0 bridgehead atoms. The Morgan fingerprint density at radius 2 is 1.01 bits per heavy atom. The molecule has 2 aliphatic rings. The summed E-state index contributed by atoms with van der Waals surface area (Å²) in [6.45, 7) is 25.9. The van der Waals surface area contributed by atoms with Crippen molar-refractivity contribution >= 4 is 79.2 Å². The summed E-state index contributed by atoms with van der Waals surface area (Å²) in [5, 5.41) is 2.29. The number of para-hydroxylation sites is 2. The van der Waals surface area contributed by atoms with E-state index < -0.39 is 0 Å². The molecule has 0 amide bonds. The van der Waals surface area contributed by atoms with Crippen molar-refractivity contribution in [3.8, 4) is 11.1 Å². The number of furan rings is 1. The minimum atomic E-state index is -0.324. The normalized spacial score (nSPS) is 14.3. The highest BCUT2D eigenvalue weighted by molar-refractivity contribution is 6.99. The van der Waals surface area contributed by atoms with E-state index in [0.29, 0.717) is 0 Å². The van der Waals surface area contributed by atoms with E-state index in [4.69, 9.17) is 4.42 Å². The van der Waals surface area contributed by atoms with Crippen molar-refractivity contribution in [2.45, 2.75) is 97.8 Å². The molecule has 11 rings (SSSR count). The van der Waals surface area contributed by atoms with E-state index in [1.807, 2.05) is 0 Å². The smallest absolute Gasteiger partial charge is 0.247 e. The fourth-order valence-corrected chi connectivity index (χ4v) is 10.9. The Hall–Kier alpha value is -6.78. The maximum atomic E-state index is 7.06. The van der Waals surface area contributed by atoms with Crippen molar-refractivity contribution in [1.29, 1.82) is 0 Å². The summed E-state index contributed by atoms with van der Waals surface area (Å²) < 4.78 is 7.06. The van der Waals surface area contributed by atoms with Gasteiger partial charge in [-0.25, -0.2) is 0 Å². The van der Waals surface area contributed by atoms with Crippen LogP contribution in [0.1, 0.15) is 104 Å². The van der Waals surface area contributed by atoms with Crippen LogP contribution in [0.5, 0.6) is 0 Å². The molecule has 0 spiro atoms. The lowest BCUT2D eigenvalue weighted by Crippen LogP contribution is -2.64. The van der Waals surface area contributed by atoms with E-state index in [2.05, 4.69) is 256 Å². The molecule has 3 nitrogen and oxygen atoms in total. The summed E-state index contributed by atoms with van der Waals surface area (Å²) in [6, 6.07) is 63.4. The van der Waals surface area contributed by atoms with E-state index in [1.165, 1.54) is 72.4 Å². The average molecular weight is 873 g/mol. The fraction of sp³-hybridized carbons (Fsp3) is 0.238. The monoisotopic (exact) mass is 872 g/mol. The Labute approximate surface area is 398 Å². The van der Waals surface area contributed by atoms with Gasteiger partial charge in [-0.3, -0.25) is 0 Å². The summed E-state index contributed by atoms with van der Waals surface area (Å²) in [4.78, 5) is 4.93. The third kappa shape index (κ3) is 7.02. The molecule has 0 atom stereocenters. The van der Waals surface area contributed by atoms with Crippen molar-refractivity contribution in [2.75, 3.05) is 9.80 Å². The molecule has 0 fully saturated rings. The molecule has 8 aromatic carbocycles. The molecule has 1 aromatic heterocycles. The molecule has 0 radical (unpaired) electrons. The molecule has 0 saturated carbocycles. The Balaban J connectivity index is 1.18. The van der Waals surface area contributed by atoms with Crippen LogP contribution in [0.2, 0.25) is 0 Å². The van der Waals surface area contributed by atoms with Gasteiger partial charge in [0.15, 0.2) is 0 Å². The van der Waals surface area contributed by atoms with Crippen molar-refractivity contribution in [3.05, 3.63) is 198 Å². The highest BCUT2D eigenvalue weighted by Gasteiger charge is 2.48. The molecular formula is C63H61BN2O. The second-order valence-corrected chi connectivity index (χ2v) is 22.7. The first kappa shape index (κ1) is 42.8. The number of rotatable bonds is 5. The zero-order valence-electron chi connectivity index (χ0n) is 41.0. The number of benzene rings is 8. The lowest BCUT2D eigenvalue weighted by molar-refractivity contribution is 0.583. The summed E-state index contributed by atoms with van der Waals surface area (Å²) in [7, 11) is 0. The summed E-state index contributed by atoms with van der Waals surface area (Å²) in [5.41, 5.74) is 21.5. The van der Waals surface area contributed by atoms with Crippen molar-refractivity contribution in [1.82, 2.24) is 0 Å². The van der Waals surface area contributed by atoms with E-state index >= 15 is 0 Å². The van der Waals surface area contributed by atoms with Gasteiger partial charge in [-0.1, -0.05) is 173 Å². The molecule has 0 unspecified atom stereocenters. The van der Waals surface area contributed by atoms with Gasteiger partial charge in [-0.2, -0.15) is 0 Å². The van der Waals surface area contributed by atoms with Gasteiger partial charge in [0.25, 0.3) is 0 Å². The molecule has 2 aliphatic heterocycles. The van der Waals surface area contributed by atoms with Gasteiger partial charge < -0.3 is 14.2 Å². The first-order valence-corrected chi connectivity index (χ1v) is 24.1. The van der Waals surface area contributed by atoms with Crippen LogP contribution in [0.3, 0.4) is 0 Å². The highest BCUT2D eigenvalue weighted by atomic mass is 16.3. The maximum absolute atomic E-state index is 7.06. The minimum absolute atomic E-state index is 0.00978. The van der Waals surface area contributed by atoms with Gasteiger partial charge in [0.1, 0.15) is 11.2 Å². The van der Waals surface area contributed by atoms with E-state index in [1.54, 1.807) is 0 Å². The largest absolute Gasteiger partial charge is 0.456 e. The van der Waals surface area contributed by atoms with Crippen molar-refractivity contribution in [3.63, 3.8) is 0 Å². The Morgan fingerprint density at radius 1 is 0.448 bits per heavy atom. The minimum Gasteiger partial charge on any atom is -0.456 e. The third-order valence-corrected chi connectivity index (χ3v) is 14.8. The van der Waals surface area contributed by atoms with Crippen LogP contribution in [-0.2, 0) is 21.7 Å². The Bertz CT molecular complexity index is 3340. The Kier molecular flexibility index (Phi) is 9.67. The molecule has 332 valence electrons. The van der Waals surface area contributed by atoms with Crippen LogP contribution in [0.25, 0.3) is 33.1 Å². The second kappa shape index (κ2) is 15.1. The second-order valence-electron chi connectivity index (χ2n) is 22.7. The molecule has 0 N–H and O–H groups in total. The van der Waals surface area contributed by atoms with Gasteiger partial charge >= 0.3 is 0 Å². The van der Waals surface area contributed by atoms with Crippen LogP contribution in [0.4, 0.5) is 34.1 Å². The summed E-state index contributed by atoms with van der Waals surface area (Å²) >= 11 is 0. The fourth-order valence-electron chi connectivity index (χ4n) is 10.9. The van der Waals surface area contributed by atoms with Crippen LogP contribution in [-0.4, -0.2) is 6.71 Å². The van der Waals surface area contributed by atoms with Gasteiger partial charge in [0.2, 0.25) is 6.71 Å². The standard InChI is InChI=1S/C63H61BN2O/c1-60(2,3)41-27-31-54(48(33-41)40-21-15-12-16-22-40)66-55-32-28-42(61(4,5)6)35-53(55)64-52-39-58-49(38-50(52)63(10,11)51-34-43(62(7,8)9)36-56(66)59(51)64)47-30-29-46(37-57(47)67-58)65(44-23-17-13-18-24-44)45-25-19-14-20-26-45/h12-39H,1-11H3. The van der Waals surface area contributed by atoms with Crippen LogP contribution >= 0.6 is 0 Å². The summed E-state index contributed by atoms with van der Waals surface area (Å²) in [6.07, 6.45) is 0. The lowest BCUT2D eigenvalue weighted by Gasteiger charge is -2.47. The topological polar surface area (TPSA) is 19.6 Å². The molecule has 4 heteroatoms. The van der Waals surface area contributed by atoms with Gasteiger partial charge in [-0.05, 0) is 133 Å². The maximum Gasteiger partial charge on any atom is 0.247 e. The molecule has 0 saturated heterocycles. The molecule has 3 heterocycles. The predicted octanol–water partition coefficient (Wildman–Crippen LogP) is 15.6. The van der Waals surface area contributed by atoms with Gasteiger partial charge in [0, 0.05) is 56.3 Å². The van der Waals surface area contributed by atoms with Crippen molar-refractivity contribution in [2.24, 2.45) is 0 Å². The third-order valence-electron chi connectivity index (χ3n) is 14.8. The molecule has 9 aromatic rings. The Morgan fingerprint density at radius 3 is 1.63 bits per heavy atom. The average Bonchev–Trinajstić information content (AvgIpc) is 3.66. The van der Waals surface area contributed by atoms with E-state index in [0.717, 1.165) is 39.0 Å². The van der Waals surface area contributed by atoms with E-state index in [9.17, 15) is 0 Å². The van der Waals surface area contributed by atoms with Crippen LogP contribution in [0, 0.1) is 0 Å². The highest BCUT2D eigenvalue weighted by Crippen LogP contribution is 2.49. The quantitative estimate of drug-likeness (QED) is 0.161. The first-order valence-electron chi connectivity index (χ1n) is 24.1. The molecular weight excluding hydrogens is 812 g/mol. The SMILES string of the molecule is CC(C)(C)c1ccc2c(c1)B1c3cc4oc5cc(N(c6ccccc6)c6ccccc6)ccc5c4cc3C(C)(C)c3cc(C(C)(C)C)cc(c31)N2c1ccc(C(C)(C)C)cc1-c1ccccc1. The zero-order chi connectivity index (χ0) is 46.8. The number of nitrogens with zero attached hydrogens (tertiary/aromatic N) is 2. The first-order chi connectivity index (χ1) is 31.9.